The number of rotatable bonds is 0. The fourth-order valence-corrected chi connectivity index (χ4v) is 2.57. The van der Waals surface area contributed by atoms with E-state index in [1.165, 1.54) is 0 Å². The van der Waals surface area contributed by atoms with Gasteiger partial charge in [0.1, 0.15) is 5.60 Å². The normalized spacial score (nSPS) is 23.2. The SMILES string of the molecule is CN1CCC2(CC1)OC(=O)c1ncccc12. The van der Waals surface area contributed by atoms with Crippen molar-refractivity contribution in [3.8, 4) is 0 Å². The van der Waals surface area contributed by atoms with Crippen molar-refractivity contribution in [1.82, 2.24) is 9.88 Å². The summed E-state index contributed by atoms with van der Waals surface area (Å²) < 4.78 is 5.58. The fraction of sp³-hybridized carbons (Fsp3) is 0.500. The molecule has 84 valence electrons. The standard InChI is InChI=1S/C12H14N2O2/c1-14-7-4-12(5-8-14)9-3-2-6-13-10(9)11(15)16-12/h2-3,6H,4-5,7-8H2,1H3. The van der Waals surface area contributed by atoms with E-state index in [2.05, 4.69) is 16.9 Å². The molecular weight excluding hydrogens is 204 g/mol. The second-order valence-electron chi connectivity index (χ2n) is 4.59. The zero-order valence-electron chi connectivity index (χ0n) is 9.27. The number of fused-ring (bicyclic) bond motifs is 2. The Balaban J connectivity index is 2.02. The summed E-state index contributed by atoms with van der Waals surface area (Å²) in [6, 6.07) is 3.85. The van der Waals surface area contributed by atoms with Crippen molar-refractivity contribution < 1.29 is 9.53 Å². The average Bonchev–Trinajstić information content (AvgIpc) is 2.58. The van der Waals surface area contributed by atoms with Gasteiger partial charge in [0.05, 0.1) is 0 Å². The van der Waals surface area contributed by atoms with Crippen molar-refractivity contribution >= 4 is 5.97 Å². The number of hydrogen-bond donors (Lipinski definition) is 0. The summed E-state index contributed by atoms with van der Waals surface area (Å²) in [5, 5.41) is 0. The Labute approximate surface area is 94.2 Å². The van der Waals surface area contributed by atoms with Crippen LogP contribution in [0.4, 0.5) is 0 Å². The van der Waals surface area contributed by atoms with Crippen LogP contribution in [0.2, 0.25) is 0 Å². The van der Waals surface area contributed by atoms with Gasteiger partial charge in [-0.1, -0.05) is 6.07 Å². The second-order valence-corrected chi connectivity index (χ2v) is 4.59. The Hall–Kier alpha value is -1.42. The van der Waals surface area contributed by atoms with Crippen LogP contribution < -0.4 is 0 Å². The first-order valence-electron chi connectivity index (χ1n) is 5.59. The lowest BCUT2D eigenvalue weighted by molar-refractivity contribution is -0.0394. The van der Waals surface area contributed by atoms with Gasteiger partial charge in [0.15, 0.2) is 5.69 Å². The monoisotopic (exact) mass is 218 g/mol. The minimum atomic E-state index is -0.396. The molecule has 0 N–H and O–H groups in total. The molecule has 0 aromatic carbocycles. The molecule has 3 rings (SSSR count). The van der Waals surface area contributed by atoms with Crippen LogP contribution in [0.25, 0.3) is 0 Å². The van der Waals surface area contributed by atoms with Crippen LogP contribution in [0.15, 0.2) is 18.3 Å². The number of pyridine rings is 1. The van der Waals surface area contributed by atoms with Gasteiger partial charge in [0, 0.05) is 37.7 Å². The Morgan fingerprint density at radius 3 is 2.94 bits per heavy atom. The fourth-order valence-electron chi connectivity index (χ4n) is 2.57. The molecule has 1 fully saturated rings. The van der Waals surface area contributed by atoms with E-state index in [9.17, 15) is 4.79 Å². The summed E-state index contributed by atoms with van der Waals surface area (Å²) in [5.74, 6) is -0.264. The van der Waals surface area contributed by atoms with E-state index in [0.29, 0.717) is 5.69 Å². The van der Waals surface area contributed by atoms with Gasteiger partial charge in [0.25, 0.3) is 0 Å². The molecule has 0 amide bonds. The Morgan fingerprint density at radius 2 is 2.19 bits per heavy atom. The van der Waals surface area contributed by atoms with Gasteiger partial charge in [-0.15, -0.1) is 0 Å². The lowest BCUT2D eigenvalue weighted by Gasteiger charge is -2.36. The summed E-state index contributed by atoms with van der Waals surface area (Å²) in [6.45, 7) is 1.92. The number of carbonyl (C=O) groups excluding carboxylic acids is 1. The number of ether oxygens (including phenoxy) is 1. The molecule has 1 saturated heterocycles. The highest BCUT2D eigenvalue weighted by molar-refractivity contribution is 5.92. The molecule has 0 atom stereocenters. The third kappa shape index (κ3) is 1.26. The van der Waals surface area contributed by atoms with Crippen molar-refractivity contribution in [2.24, 2.45) is 0 Å². The first-order valence-corrected chi connectivity index (χ1v) is 5.59. The molecule has 4 heteroatoms. The van der Waals surface area contributed by atoms with Crippen molar-refractivity contribution in [1.29, 1.82) is 0 Å². The van der Waals surface area contributed by atoms with E-state index in [1.807, 2.05) is 12.1 Å². The molecule has 2 aliphatic heterocycles. The number of likely N-dealkylation sites (tertiary alicyclic amines) is 1. The van der Waals surface area contributed by atoms with Crippen molar-refractivity contribution in [3.63, 3.8) is 0 Å². The molecule has 2 aliphatic rings. The lowest BCUT2D eigenvalue weighted by atomic mass is 9.85. The minimum absolute atomic E-state index is 0.264. The van der Waals surface area contributed by atoms with Crippen LogP contribution in [-0.4, -0.2) is 36.0 Å². The molecule has 16 heavy (non-hydrogen) atoms. The van der Waals surface area contributed by atoms with Crippen molar-refractivity contribution in [3.05, 3.63) is 29.6 Å². The van der Waals surface area contributed by atoms with Crippen LogP contribution in [0, 0.1) is 0 Å². The lowest BCUT2D eigenvalue weighted by Crippen LogP contribution is -2.40. The number of carbonyl (C=O) groups is 1. The van der Waals surface area contributed by atoms with Crippen LogP contribution in [-0.2, 0) is 10.3 Å². The number of esters is 1. The molecule has 0 bridgehead atoms. The maximum atomic E-state index is 11.7. The molecule has 0 unspecified atom stereocenters. The Morgan fingerprint density at radius 1 is 1.44 bits per heavy atom. The summed E-state index contributed by atoms with van der Waals surface area (Å²) in [4.78, 5) is 18.1. The molecule has 4 nitrogen and oxygen atoms in total. The Kier molecular flexibility index (Phi) is 2.01. The largest absolute Gasteiger partial charge is 0.449 e. The van der Waals surface area contributed by atoms with E-state index < -0.39 is 5.60 Å². The highest BCUT2D eigenvalue weighted by Crippen LogP contribution is 2.42. The molecule has 0 radical (unpaired) electrons. The van der Waals surface area contributed by atoms with Gasteiger partial charge in [-0.25, -0.2) is 9.78 Å². The van der Waals surface area contributed by atoms with Crippen molar-refractivity contribution in [2.75, 3.05) is 20.1 Å². The number of nitrogens with zero attached hydrogens (tertiary/aromatic N) is 2. The highest BCUT2D eigenvalue weighted by atomic mass is 16.6. The third-order valence-electron chi connectivity index (χ3n) is 3.57. The van der Waals surface area contributed by atoms with Crippen molar-refractivity contribution in [2.45, 2.75) is 18.4 Å². The summed E-state index contributed by atoms with van der Waals surface area (Å²) in [5.41, 5.74) is 1.09. The van der Waals surface area contributed by atoms with E-state index in [4.69, 9.17) is 4.74 Å². The Bertz CT molecular complexity index is 436. The molecule has 1 aromatic heterocycles. The summed E-state index contributed by atoms with van der Waals surface area (Å²) >= 11 is 0. The zero-order chi connectivity index (χ0) is 11.2. The predicted octanol–water partition coefficient (Wildman–Crippen LogP) is 1.17. The van der Waals surface area contributed by atoms with Crippen LogP contribution >= 0.6 is 0 Å². The molecule has 0 saturated carbocycles. The van der Waals surface area contributed by atoms with Gasteiger partial charge in [-0.2, -0.15) is 0 Å². The minimum Gasteiger partial charge on any atom is -0.449 e. The predicted molar refractivity (Wildman–Crippen MR) is 58.1 cm³/mol. The van der Waals surface area contributed by atoms with Crippen LogP contribution in [0.5, 0.6) is 0 Å². The molecule has 1 aromatic rings. The quantitative estimate of drug-likeness (QED) is 0.613. The molecule has 1 spiro atoms. The number of hydrogen-bond acceptors (Lipinski definition) is 4. The topological polar surface area (TPSA) is 42.4 Å². The van der Waals surface area contributed by atoms with Crippen LogP contribution in [0.3, 0.4) is 0 Å². The number of aromatic nitrogens is 1. The summed E-state index contributed by atoms with van der Waals surface area (Å²) in [6.07, 6.45) is 3.38. The maximum absolute atomic E-state index is 11.7. The first kappa shape index (κ1) is 9.78. The van der Waals surface area contributed by atoms with E-state index in [0.717, 1.165) is 31.5 Å². The number of piperidine rings is 1. The second kappa shape index (κ2) is 3.28. The van der Waals surface area contributed by atoms with Gasteiger partial charge in [-0.3, -0.25) is 0 Å². The van der Waals surface area contributed by atoms with E-state index in [-0.39, 0.29) is 5.97 Å². The van der Waals surface area contributed by atoms with E-state index >= 15 is 0 Å². The van der Waals surface area contributed by atoms with Crippen LogP contribution in [0.1, 0.15) is 28.9 Å². The molecule has 0 aliphatic carbocycles. The summed E-state index contributed by atoms with van der Waals surface area (Å²) in [7, 11) is 2.09. The van der Waals surface area contributed by atoms with Gasteiger partial charge < -0.3 is 9.64 Å². The van der Waals surface area contributed by atoms with Gasteiger partial charge >= 0.3 is 5.97 Å². The highest BCUT2D eigenvalue weighted by Gasteiger charge is 2.47. The molecular formula is C12H14N2O2. The molecule has 3 heterocycles. The van der Waals surface area contributed by atoms with E-state index in [1.54, 1.807) is 6.20 Å². The maximum Gasteiger partial charge on any atom is 0.358 e. The van der Waals surface area contributed by atoms with Gasteiger partial charge in [0.2, 0.25) is 0 Å². The smallest absolute Gasteiger partial charge is 0.358 e. The van der Waals surface area contributed by atoms with Gasteiger partial charge in [-0.05, 0) is 13.1 Å². The third-order valence-corrected chi connectivity index (χ3v) is 3.57. The zero-order valence-corrected chi connectivity index (χ0v) is 9.27. The first-order chi connectivity index (χ1) is 7.71. The average molecular weight is 218 g/mol.